The number of pyridine rings is 1. The summed E-state index contributed by atoms with van der Waals surface area (Å²) in [4.78, 5) is 28.3. The maximum absolute atomic E-state index is 14.7. The summed E-state index contributed by atoms with van der Waals surface area (Å²) in [5.74, 6) is -1.82. The van der Waals surface area contributed by atoms with E-state index in [1.54, 1.807) is 0 Å². The number of nitrogens with one attached hydrogen (secondary N) is 2. The monoisotopic (exact) mass is 547 g/mol. The second-order valence-electron chi connectivity index (χ2n) is 7.01. The first-order valence-corrected chi connectivity index (χ1v) is 10.7. The Hall–Kier alpha value is -3.71. The molecule has 2 N–H and O–H groups in total. The van der Waals surface area contributed by atoms with Crippen LogP contribution in [0, 0.1) is 5.82 Å². The number of ether oxygens (including phenoxy) is 2. The van der Waals surface area contributed by atoms with Gasteiger partial charge in [-0.2, -0.15) is 0 Å². The van der Waals surface area contributed by atoms with Crippen LogP contribution in [0.5, 0.6) is 11.6 Å². The molecule has 0 saturated heterocycles. The molecule has 2 heterocycles. The van der Waals surface area contributed by atoms with Crippen LogP contribution in [-0.2, 0) is 6.54 Å². The van der Waals surface area contributed by atoms with Crippen LogP contribution in [0.15, 0.2) is 35.0 Å². The van der Waals surface area contributed by atoms with Gasteiger partial charge in [-0.15, -0.1) is 0 Å². The molecule has 0 aliphatic rings. The van der Waals surface area contributed by atoms with E-state index in [1.807, 2.05) is 0 Å². The first-order chi connectivity index (χ1) is 17.1. The molecule has 36 heavy (non-hydrogen) atoms. The van der Waals surface area contributed by atoms with Gasteiger partial charge >= 0.3 is 11.9 Å². The molecule has 0 unspecified atom stereocenters. The molecule has 0 fully saturated rings. The third-order valence-electron chi connectivity index (χ3n) is 4.49. The molecule has 15 heteroatoms. The highest BCUT2D eigenvalue weighted by Gasteiger charge is 2.20. The maximum Gasteiger partial charge on any atom is 0.336 e. The quantitative estimate of drug-likeness (QED) is 0.403. The molecule has 2 aromatic heterocycles. The number of rotatable bonds is 8. The molecule has 0 atom stereocenters. The molecule has 0 spiro atoms. The van der Waals surface area contributed by atoms with E-state index in [-0.39, 0.29) is 50.8 Å². The van der Waals surface area contributed by atoms with Gasteiger partial charge in [0, 0.05) is 29.4 Å². The van der Waals surface area contributed by atoms with Gasteiger partial charge in [-0.25, -0.2) is 23.0 Å². The van der Waals surface area contributed by atoms with E-state index in [0.717, 1.165) is 11.1 Å². The number of carbonyl (C=O) groups is 2. The van der Waals surface area contributed by atoms with E-state index >= 15 is 0 Å². The molecular weight excluding hydrogens is 530 g/mol. The zero-order chi connectivity index (χ0) is 26.4. The lowest BCUT2D eigenvalue weighted by atomic mass is 10.1. The van der Waals surface area contributed by atoms with Crippen molar-refractivity contribution in [2.75, 3.05) is 20.8 Å². The molecule has 3 amide bonds. The second-order valence-corrected chi connectivity index (χ2v) is 7.85. The Bertz CT molecular complexity index is 1260. The van der Waals surface area contributed by atoms with Crippen molar-refractivity contribution in [2.45, 2.75) is 13.0 Å². The second kappa shape index (κ2) is 11.8. The van der Waals surface area contributed by atoms with Gasteiger partial charge in [0.15, 0.2) is 0 Å². The first-order valence-electron chi connectivity index (χ1n) is 9.97. The van der Waals surface area contributed by atoms with Gasteiger partial charge < -0.3 is 19.3 Å². The Labute approximate surface area is 212 Å². The Kier molecular flexibility index (Phi) is 8.83. The van der Waals surface area contributed by atoms with Crippen molar-refractivity contribution in [3.05, 3.63) is 57.8 Å². The highest BCUT2D eigenvalue weighted by Crippen LogP contribution is 2.39. The van der Waals surface area contributed by atoms with Crippen LogP contribution in [0.1, 0.15) is 16.2 Å². The molecule has 3 rings (SSSR count). The lowest BCUT2D eigenvalue weighted by Crippen LogP contribution is -2.48. The summed E-state index contributed by atoms with van der Waals surface area (Å²) in [6.45, 7) is -1.27. The van der Waals surface area contributed by atoms with Gasteiger partial charge in [-0.05, 0) is 23.4 Å². The molecule has 192 valence electrons. The topological polar surface area (TPSA) is 119 Å². The lowest BCUT2D eigenvalue weighted by Gasteiger charge is -2.18. The molecule has 0 saturated carbocycles. The van der Waals surface area contributed by atoms with Crippen LogP contribution in [0.25, 0.3) is 11.1 Å². The minimum atomic E-state index is -2.76. The number of alkyl halides is 2. The van der Waals surface area contributed by atoms with Crippen molar-refractivity contribution >= 4 is 35.1 Å². The summed E-state index contributed by atoms with van der Waals surface area (Å²) in [5, 5.41) is 6.80. The van der Waals surface area contributed by atoms with Gasteiger partial charge in [-0.1, -0.05) is 23.2 Å². The Morgan fingerprint density at radius 1 is 1.22 bits per heavy atom. The Morgan fingerprint density at radius 3 is 2.61 bits per heavy atom. The summed E-state index contributed by atoms with van der Waals surface area (Å²) in [6.07, 6.45) is -1.52. The normalized spacial score (nSPS) is 10.8. The van der Waals surface area contributed by atoms with Gasteiger partial charge in [0.1, 0.15) is 18.2 Å². The molecule has 1 aromatic carbocycles. The molecule has 3 aromatic rings. The van der Waals surface area contributed by atoms with Crippen molar-refractivity contribution < 1.29 is 36.8 Å². The van der Waals surface area contributed by atoms with Gasteiger partial charge in [0.05, 0.1) is 30.4 Å². The van der Waals surface area contributed by atoms with E-state index in [2.05, 4.69) is 20.9 Å². The number of amides is 3. The summed E-state index contributed by atoms with van der Waals surface area (Å²) < 4.78 is 54.6. The van der Waals surface area contributed by atoms with Crippen LogP contribution >= 0.6 is 23.2 Å². The van der Waals surface area contributed by atoms with Crippen molar-refractivity contribution in [2.24, 2.45) is 0 Å². The van der Waals surface area contributed by atoms with E-state index in [0.29, 0.717) is 0 Å². The first kappa shape index (κ1) is 26.9. The SMILES string of the molecule is COc1cc(C(=O)NN(C)C(=O)NCc2ncc(-c3cc(Cl)cc(Cl)c3OCC(F)F)cc2F)on1. The standard InChI is InChI=1S/C21H18Cl2F3N5O5/c1-31(29-20(32)16-6-18(34-2)30-36-16)21(33)28-8-15-14(24)3-10(7-27-15)12-4-11(22)5-13(23)19(12)35-9-17(25)26/h3-7,17H,8-9H2,1-2H3,(H,28,33)(H,29,32). The van der Waals surface area contributed by atoms with Crippen molar-refractivity contribution in [1.82, 2.24) is 25.9 Å². The lowest BCUT2D eigenvalue weighted by molar-refractivity contribution is 0.0814. The molecule has 0 aliphatic heterocycles. The molecule has 0 aliphatic carbocycles. The van der Waals surface area contributed by atoms with Gasteiger partial charge in [0.25, 0.3) is 12.3 Å². The predicted molar refractivity (Wildman–Crippen MR) is 122 cm³/mol. The molecule has 0 radical (unpaired) electrons. The zero-order valence-electron chi connectivity index (χ0n) is 18.7. The Balaban J connectivity index is 1.67. The van der Waals surface area contributed by atoms with Crippen LogP contribution in [0.3, 0.4) is 0 Å². The number of hydrogen-bond donors (Lipinski definition) is 2. The van der Waals surface area contributed by atoms with Crippen LogP contribution in [-0.4, -0.2) is 54.3 Å². The van der Waals surface area contributed by atoms with E-state index in [4.69, 9.17) is 37.2 Å². The van der Waals surface area contributed by atoms with E-state index in [9.17, 15) is 22.8 Å². The number of methoxy groups -OCH3 is 1. The fourth-order valence-electron chi connectivity index (χ4n) is 2.81. The smallest absolute Gasteiger partial charge is 0.336 e. The third kappa shape index (κ3) is 6.70. The van der Waals surface area contributed by atoms with Crippen molar-refractivity contribution in [3.8, 4) is 22.8 Å². The molecule has 0 bridgehead atoms. The number of benzene rings is 1. The minimum Gasteiger partial charge on any atom is -0.485 e. The maximum atomic E-state index is 14.7. The number of carbonyl (C=O) groups excluding carboxylic acids is 2. The minimum absolute atomic E-state index is 0.0382. The van der Waals surface area contributed by atoms with E-state index in [1.165, 1.54) is 38.6 Å². The van der Waals surface area contributed by atoms with Crippen molar-refractivity contribution in [3.63, 3.8) is 0 Å². The number of aromatic nitrogens is 2. The zero-order valence-corrected chi connectivity index (χ0v) is 20.2. The average Bonchev–Trinajstić information content (AvgIpc) is 3.31. The van der Waals surface area contributed by atoms with Gasteiger partial charge in [0.2, 0.25) is 5.76 Å². The Morgan fingerprint density at radius 2 is 1.97 bits per heavy atom. The van der Waals surface area contributed by atoms with Crippen LogP contribution < -0.4 is 20.2 Å². The number of nitrogens with zero attached hydrogens (tertiary/aromatic N) is 3. The highest BCUT2D eigenvalue weighted by atomic mass is 35.5. The summed E-state index contributed by atoms with van der Waals surface area (Å²) >= 11 is 12.1. The van der Waals surface area contributed by atoms with Crippen LogP contribution in [0.4, 0.5) is 18.0 Å². The number of urea groups is 1. The molecule has 10 nitrogen and oxygen atoms in total. The number of hydrazine groups is 1. The third-order valence-corrected chi connectivity index (χ3v) is 4.99. The fraction of sp³-hybridized carbons (Fsp3) is 0.238. The number of hydrogen-bond acceptors (Lipinski definition) is 7. The summed E-state index contributed by atoms with van der Waals surface area (Å²) in [5.41, 5.74) is 2.40. The fourth-order valence-corrected chi connectivity index (χ4v) is 3.36. The highest BCUT2D eigenvalue weighted by molar-refractivity contribution is 6.36. The largest absolute Gasteiger partial charge is 0.485 e. The van der Waals surface area contributed by atoms with Crippen LogP contribution in [0.2, 0.25) is 10.0 Å². The van der Waals surface area contributed by atoms with E-state index < -0.39 is 30.8 Å². The summed E-state index contributed by atoms with van der Waals surface area (Å²) in [6, 6.07) is 4.17. The number of halogens is 5. The molecular formula is C21H18Cl2F3N5O5. The predicted octanol–water partition coefficient (Wildman–Crippen LogP) is 4.32. The van der Waals surface area contributed by atoms with Crippen molar-refractivity contribution in [1.29, 1.82) is 0 Å². The van der Waals surface area contributed by atoms with Gasteiger partial charge in [-0.3, -0.25) is 15.2 Å². The average molecular weight is 548 g/mol. The summed E-state index contributed by atoms with van der Waals surface area (Å²) in [7, 11) is 2.58.